The Labute approximate surface area is 171 Å². The fraction of sp³-hybridized carbons (Fsp3) is 0.200. The Morgan fingerprint density at radius 1 is 0.630 bits per heavy atom. The largest absolute Gasteiger partial charge is 2.00 e. The van der Waals surface area contributed by atoms with Gasteiger partial charge in [0.15, 0.2) is 11.6 Å². The van der Waals surface area contributed by atoms with Crippen LogP contribution in [-0.4, -0.2) is 21.5 Å². The number of ketones is 2. The maximum Gasteiger partial charge on any atom is 2.00 e. The van der Waals surface area contributed by atoms with Crippen LogP contribution in [0.15, 0.2) is 84.9 Å². The van der Waals surface area contributed by atoms with E-state index in [1.807, 2.05) is 36.4 Å². The Morgan fingerprint density at radius 3 is 0.926 bits per heavy atom. The predicted molar refractivity (Wildman–Crippen MR) is 97.4 cm³/mol. The molecule has 2 heterocycles. The quantitative estimate of drug-likeness (QED) is 0.555. The number of hydrogen-bond acceptors (Lipinski definition) is 6. The van der Waals surface area contributed by atoms with E-state index in [2.05, 4.69) is 9.97 Å². The molecule has 0 aliphatic rings. The molecule has 0 atom stereocenters. The zero-order valence-corrected chi connectivity index (χ0v) is 17.1. The number of pyridine rings is 2. The molecular weight excluding hydrogens is 384 g/mol. The smallest absolute Gasteiger partial charge is 0.876 e. The Morgan fingerprint density at radius 2 is 0.889 bits per heavy atom. The first-order valence-corrected chi connectivity index (χ1v) is 7.67. The van der Waals surface area contributed by atoms with E-state index in [1.165, 1.54) is 27.7 Å². The summed E-state index contributed by atoms with van der Waals surface area (Å²) in [6.07, 6.45) is 9.11. The maximum absolute atomic E-state index is 9.98. The minimum absolute atomic E-state index is 0. The van der Waals surface area contributed by atoms with E-state index >= 15 is 0 Å². The molecule has 0 saturated carbocycles. The van der Waals surface area contributed by atoms with Crippen LogP contribution in [0, 0.1) is 0 Å². The normalized spacial score (nSPS) is 9.48. The van der Waals surface area contributed by atoms with E-state index in [-0.39, 0.29) is 40.4 Å². The fourth-order valence-electron chi connectivity index (χ4n) is 1.20. The van der Waals surface area contributed by atoms with Crippen LogP contribution in [-0.2, 0) is 27.0 Å². The van der Waals surface area contributed by atoms with Gasteiger partial charge >= 0.3 is 17.4 Å². The van der Waals surface area contributed by atoms with Crippen LogP contribution in [0.5, 0.6) is 0 Å². The molecule has 0 unspecified atom stereocenters. The van der Waals surface area contributed by atoms with E-state index in [9.17, 15) is 19.8 Å². The molecule has 144 valence electrons. The number of nitrogens with zero attached hydrogens (tertiary/aromatic N) is 2. The first-order valence-electron chi connectivity index (χ1n) is 7.67. The molecule has 0 aromatic carbocycles. The third kappa shape index (κ3) is 35.3. The van der Waals surface area contributed by atoms with Crippen LogP contribution in [0.1, 0.15) is 27.7 Å². The van der Waals surface area contributed by atoms with Gasteiger partial charge in [0.1, 0.15) is 0 Å². The summed E-state index contributed by atoms with van der Waals surface area (Å²) in [5, 5.41) is 20.0. The van der Waals surface area contributed by atoms with Gasteiger partial charge in [0.25, 0.3) is 0 Å². The maximum atomic E-state index is 9.98. The molecule has 2 rings (SSSR count). The van der Waals surface area contributed by atoms with Gasteiger partial charge in [0.05, 0.1) is 0 Å². The van der Waals surface area contributed by atoms with Gasteiger partial charge in [-0.3, -0.25) is 19.6 Å². The van der Waals surface area contributed by atoms with Crippen LogP contribution in [0.4, 0.5) is 0 Å². The van der Waals surface area contributed by atoms with E-state index in [0.717, 1.165) is 12.2 Å². The number of carbonyl (C=O) groups excluding carboxylic acids is 2. The molecule has 7 heteroatoms. The Kier molecular flexibility index (Phi) is 22.9. The molecule has 0 fully saturated rings. The van der Waals surface area contributed by atoms with Crippen molar-refractivity contribution in [1.82, 2.24) is 9.97 Å². The van der Waals surface area contributed by atoms with E-state index < -0.39 is 0 Å². The summed E-state index contributed by atoms with van der Waals surface area (Å²) in [7, 11) is 0. The summed E-state index contributed by atoms with van der Waals surface area (Å²) in [6.45, 7) is 5.39. The second kappa shape index (κ2) is 21.3. The Balaban J connectivity index is -0.000000281. The third-order valence-corrected chi connectivity index (χ3v) is 1.95. The molecular formula is C20H24CrN2O4. The molecule has 27 heavy (non-hydrogen) atoms. The van der Waals surface area contributed by atoms with Gasteiger partial charge in [-0.25, -0.2) is 0 Å². The second-order valence-corrected chi connectivity index (χ2v) is 4.78. The van der Waals surface area contributed by atoms with Crippen molar-refractivity contribution in [2.45, 2.75) is 27.7 Å². The Hall–Kier alpha value is -2.75. The summed E-state index contributed by atoms with van der Waals surface area (Å²) in [5.74, 6) is -0.750. The van der Waals surface area contributed by atoms with E-state index in [0.29, 0.717) is 0 Å². The monoisotopic (exact) mass is 408 g/mol. The number of hydrogen-bond donors (Lipinski definition) is 0. The van der Waals surface area contributed by atoms with Crippen LogP contribution in [0.3, 0.4) is 0 Å². The summed E-state index contributed by atoms with van der Waals surface area (Å²) >= 11 is 0. The molecule has 2 aromatic heterocycles. The summed E-state index contributed by atoms with van der Waals surface area (Å²) in [4.78, 5) is 27.5. The van der Waals surface area contributed by atoms with Gasteiger partial charge in [0.2, 0.25) is 0 Å². The zero-order valence-electron chi connectivity index (χ0n) is 15.9. The standard InChI is InChI=1S/2C5H5N.2C5H8O2.Cr/c2*1-2-4-6-5-3-1;2*1-4(6)3-5(2)7;/h2*1-5H;2*3,6H,1-2H3;/q;;;;+2/p-2/b;;2*4-3-;. The number of aromatic nitrogens is 2. The Bertz CT molecular complexity index is 539. The van der Waals surface area contributed by atoms with E-state index in [1.54, 1.807) is 24.8 Å². The van der Waals surface area contributed by atoms with Crippen molar-refractivity contribution in [1.29, 1.82) is 0 Å². The third-order valence-electron chi connectivity index (χ3n) is 1.95. The molecule has 0 amide bonds. The molecule has 6 nitrogen and oxygen atoms in total. The first kappa shape index (κ1) is 29.0. The number of carbonyl (C=O) groups is 2. The van der Waals surface area contributed by atoms with Crippen LogP contribution in [0.25, 0.3) is 0 Å². The SMILES string of the molecule is CC(=O)/C=C(/C)[O-].CC(=O)/C=C(/C)[O-].[Cr+2].c1ccncc1.c1ccncc1. The molecule has 0 aliphatic carbocycles. The second-order valence-electron chi connectivity index (χ2n) is 4.78. The average Bonchev–Trinajstić information content (AvgIpc) is 2.57. The van der Waals surface area contributed by atoms with Crippen LogP contribution < -0.4 is 10.2 Å². The summed E-state index contributed by atoms with van der Waals surface area (Å²) in [6, 6.07) is 11.4. The molecule has 2 aromatic rings. The van der Waals surface area contributed by atoms with E-state index in [4.69, 9.17) is 0 Å². The van der Waals surface area contributed by atoms with Crippen molar-refractivity contribution in [2.24, 2.45) is 0 Å². The number of allylic oxidation sites excluding steroid dienone is 4. The molecule has 0 spiro atoms. The van der Waals surface area contributed by atoms with Crippen molar-refractivity contribution in [3.05, 3.63) is 84.9 Å². The van der Waals surface area contributed by atoms with Crippen LogP contribution >= 0.6 is 0 Å². The summed E-state index contributed by atoms with van der Waals surface area (Å²) < 4.78 is 0. The average molecular weight is 408 g/mol. The molecule has 0 N–H and O–H groups in total. The van der Waals surface area contributed by atoms with Crippen molar-refractivity contribution >= 4 is 11.6 Å². The van der Waals surface area contributed by atoms with Crippen LogP contribution in [0.2, 0.25) is 0 Å². The topological polar surface area (TPSA) is 106 Å². The zero-order chi connectivity index (χ0) is 20.2. The van der Waals surface area contributed by atoms with Crippen molar-refractivity contribution in [3.8, 4) is 0 Å². The van der Waals surface area contributed by atoms with Crippen molar-refractivity contribution in [3.63, 3.8) is 0 Å². The molecule has 0 aliphatic heterocycles. The molecule has 0 bridgehead atoms. The van der Waals surface area contributed by atoms with Gasteiger partial charge in [-0.15, -0.1) is 11.5 Å². The van der Waals surface area contributed by atoms with Gasteiger partial charge in [-0.05, 0) is 50.3 Å². The molecule has 0 radical (unpaired) electrons. The van der Waals surface area contributed by atoms with Gasteiger partial charge in [-0.1, -0.05) is 26.0 Å². The van der Waals surface area contributed by atoms with Gasteiger partial charge in [-0.2, -0.15) is 0 Å². The summed E-state index contributed by atoms with van der Waals surface area (Å²) in [5.41, 5.74) is 0. The molecule has 0 saturated heterocycles. The number of rotatable bonds is 2. The minimum atomic E-state index is -0.187. The first-order chi connectivity index (χ1) is 12.3. The van der Waals surface area contributed by atoms with Crippen molar-refractivity contribution in [2.75, 3.05) is 0 Å². The van der Waals surface area contributed by atoms with Gasteiger partial charge < -0.3 is 10.2 Å². The van der Waals surface area contributed by atoms with Crippen molar-refractivity contribution < 1.29 is 37.2 Å². The predicted octanol–water partition coefficient (Wildman–Crippen LogP) is 1.84. The fourth-order valence-corrected chi connectivity index (χ4v) is 1.20. The minimum Gasteiger partial charge on any atom is -0.876 e. The van der Waals surface area contributed by atoms with Gasteiger partial charge in [0, 0.05) is 24.8 Å².